The third-order valence-electron chi connectivity index (χ3n) is 1.95. The van der Waals surface area contributed by atoms with Crippen LogP contribution in [0.15, 0.2) is 67.5 Å². The van der Waals surface area contributed by atoms with Crippen LogP contribution in [0.25, 0.3) is 0 Å². The fourth-order valence-corrected chi connectivity index (χ4v) is 2.45. The number of phosphoric ester groups is 1. The maximum absolute atomic E-state index is 12.4. The van der Waals surface area contributed by atoms with Gasteiger partial charge in [-0.2, -0.15) is 0 Å². The maximum atomic E-state index is 12.4. The summed E-state index contributed by atoms with van der Waals surface area (Å²) >= 11 is 0. The molecule has 5 heteroatoms. The minimum atomic E-state index is -3.73. The molecule has 1 atom stereocenters. The van der Waals surface area contributed by atoms with Crippen LogP contribution in [0.1, 0.15) is 6.92 Å². The molecule has 0 amide bonds. The van der Waals surface area contributed by atoms with E-state index in [9.17, 15) is 4.57 Å². The number of rotatable bonds is 8. The van der Waals surface area contributed by atoms with E-state index in [4.69, 9.17) is 13.6 Å². The second kappa shape index (κ2) is 7.62. The van der Waals surface area contributed by atoms with E-state index >= 15 is 0 Å². The van der Waals surface area contributed by atoms with E-state index in [0.717, 1.165) is 0 Å². The summed E-state index contributed by atoms with van der Waals surface area (Å²) in [5, 5.41) is 0. The number of hydrogen-bond acceptors (Lipinski definition) is 4. The molecule has 0 spiro atoms. The molecule has 0 fully saturated rings. The molecule has 19 heavy (non-hydrogen) atoms. The van der Waals surface area contributed by atoms with E-state index in [0.29, 0.717) is 5.75 Å². The average Bonchev–Trinajstić information content (AvgIpc) is 2.39. The van der Waals surface area contributed by atoms with Gasteiger partial charge in [0.1, 0.15) is 11.5 Å². The van der Waals surface area contributed by atoms with Crippen LogP contribution in [-0.4, -0.2) is 6.61 Å². The largest absolute Gasteiger partial charge is 0.587 e. The van der Waals surface area contributed by atoms with Gasteiger partial charge in [0.15, 0.2) is 0 Å². The molecule has 0 heterocycles. The van der Waals surface area contributed by atoms with E-state index in [1.54, 1.807) is 31.2 Å². The summed E-state index contributed by atoms with van der Waals surface area (Å²) in [5.41, 5.74) is 0. The van der Waals surface area contributed by atoms with Gasteiger partial charge in [0.05, 0.1) is 6.61 Å². The summed E-state index contributed by atoms with van der Waals surface area (Å²) in [6, 6.07) is 8.69. The quantitative estimate of drug-likeness (QED) is 0.400. The highest BCUT2D eigenvalue weighted by Crippen LogP contribution is 2.51. The minimum Gasteiger partial charge on any atom is -0.395 e. The lowest BCUT2D eigenvalue weighted by Gasteiger charge is -2.18. The molecule has 0 radical (unpaired) electrons. The van der Waals surface area contributed by atoms with Crippen molar-refractivity contribution in [1.82, 2.24) is 0 Å². The van der Waals surface area contributed by atoms with Gasteiger partial charge in [-0.25, -0.2) is 4.57 Å². The third-order valence-corrected chi connectivity index (χ3v) is 3.39. The first-order valence-electron chi connectivity index (χ1n) is 5.77. The zero-order valence-electron chi connectivity index (χ0n) is 10.8. The van der Waals surface area contributed by atoms with E-state index < -0.39 is 7.82 Å². The Balaban J connectivity index is 2.90. The molecule has 0 saturated heterocycles. The molecule has 0 N–H and O–H groups in total. The smallest absolute Gasteiger partial charge is 0.395 e. The van der Waals surface area contributed by atoms with Crippen LogP contribution >= 0.6 is 7.82 Å². The topological polar surface area (TPSA) is 44.8 Å². The Morgan fingerprint density at radius 2 is 2.00 bits per heavy atom. The Morgan fingerprint density at radius 3 is 2.53 bits per heavy atom. The fourth-order valence-electron chi connectivity index (χ4n) is 1.22. The highest BCUT2D eigenvalue weighted by Gasteiger charge is 2.30. The molecule has 0 aliphatic rings. The van der Waals surface area contributed by atoms with E-state index in [1.165, 1.54) is 18.2 Å². The van der Waals surface area contributed by atoms with Crippen molar-refractivity contribution in [1.29, 1.82) is 0 Å². The Hall–Kier alpha value is -1.77. The first-order chi connectivity index (χ1) is 9.13. The Kier molecular flexibility index (Phi) is 6.13. The van der Waals surface area contributed by atoms with Crippen molar-refractivity contribution in [2.24, 2.45) is 0 Å². The van der Waals surface area contributed by atoms with Gasteiger partial charge in [-0.3, -0.25) is 4.52 Å². The first-order valence-corrected chi connectivity index (χ1v) is 7.23. The van der Waals surface area contributed by atoms with Crippen LogP contribution in [0.5, 0.6) is 5.75 Å². The van der Waals surface area contributed by atoms with Gasteiger partial charge in [-0.1, -0.05) is 37.4 Å². The monoisotopic (exact) mass is 280 g/mol. The Labute approximate surface area is 113 Å². The molecule has 0 saturated carbocycles. The normalized spacial score (nSPS) is 14.3. The SMILES string of the molecule is C=C/C=C(\C=C)OP(=O)(OCC)Oc1ccccc1. The highest BCUT2D eigenvalue weighted by molar-refractivity contribution is 7.49. The van der Waals surface area contributed by atoms with Crippen molar-refractivity contribution in [3.8, 4) is 5.75 Å². The maximum Gasteiger partial charge on any atom is 0.587 e. The highest BCUT2D eigenvalue weighted by atomic mass is 31.2. The van der Waals surface area contributed by atoms with Crippen molar-refractivity contribution in [3.63, 3.8) is 0 Å². The summed E-state index contributed by atoms with van der Waals surface area (Å²) in [4.78, 5) is 0. The molecular formula is C14H17O4P. The van der Waals surface area contributed by atoms with Crippen molar-refractivity contribution in [2.75, 3.05) is 6.61 Å². The van der Waals surface area contributed by atoms with Crippen LogP contribution in [-0.2, 0) is 13.6 Å². The number of allylic oxidation sites excluding steroid dienone is 3. The molecule has 102 valence electrons. The van der Waals surface area contributed by atoms with Crippen LogP contribution in [0, 0.1) is 0 Å². The van der Waals surface area contributed by atoms with Gasteiger partial charge in [0.2, 0.25) is 0 Å². The zero-order valence-corrected chi connectivity index (χ0v) is 11.7. The van der Waals surface area contributed by atoms with Crippen molar-refractivity contribution in [3.05, 3.63) is 67.5 Å². The van der Waals surface area contributed by atoms with Gasteiger partial charge < -0.3 is 9.05 Å². The van der Waals surface area contributed by atoms with E-state index in [-0.39, 0.29) is 12.4 Å². The second-order valence-electron chi connectivity index (χ2n) is 3.37. The Bertz CT molecular complexity index is 493. The van der Waals surface area contributed by atoms with Gasteiger partial charge in [-0.05, 0) is 31.2 Å². The molecule has 1 aromatic carbocycles. The molecule has 0 aromatic heterocycles. The minimum absolute atomic E-state index is 0.197. The van der Waals surface area contributed by atoms with Gasteiger partial charge >= 0.3 is 7.82 Å². The number of hydrogen-bond donors (Lipinski definition) is 0. The summed E-state index contributed by atoms with van der Waals surface area (Å²) in [7, 11) is -3.73. The molecule has 0 aliphatic heterocycles. The summed E-state index contributed by atoms with van der Waals surface area (Å²) in [6.07, 6.45) is 4.42. The molecule has 1 aromatic rings. The number of para-hydroxylation sites is 1. The van der Waals surface area contributed by atoms with Gasteiger partial charge in [0.25, 0.3) is 0 Å². The lowest BCUT2D eigenvalue weighted by molar-refractivity contribution is 0.196. The molecule has 0 bridgehead atoms. The van der Waals surface area contributed by atoms with E-state index in [2.05, 4.69) is 13.2 Å². The average molecular weight is 280 g/mol. The molecule has 1 rings (SSSR count). The van der Waals surface area contributed by atoms with Crippen molar-refractivity contribution >= 4 is 7.82 Å². The molecular weight excluding hydrogens is 263 g/mol. The second-order valence-corrected chi connectivity index (χ2v) is 4.89. The number of benzene rings is 1. The van der Waals surface area contributed by atoms with Gasteiger partial charge in [-0.15, -0.1) is 0 Å². The summed E-state index contributed by atoms with van der Waals surface area (Å²) in [6.45, 7) is 8.99. The fraction of sp³-hybridized carbons (Fsp3) is 0.143. The standard InChI is InChI=1S/C14H17O4P/c1-4-10-13(5-2)17-19(15,16-6-3)18-14-11-8-7-9-12-14/h4-5,7-12H,1-2,6H2,3H3/b13-10+. The van der Waals surface area contributed by atoms with Crippen molar-refractivity contribution in [2.45, 2.75) is 6.92 Å². The lowest BCUT2D eigenvalue weighted by Crippen LogP contribution is -2.02. The molecule has 0 aliphatic carbocycles. The molecule has 4 nitrogen and oxygen atoms in total. The first kappa shape index (κ1) is 15.3. The van der Waals surface area contributed by atoms with E-state index in [1.807, 2.05) is 6.07 Å². The Morgan fingerprint density at radius 1 is 1.32 bits per heavy atom. The predicted octanol–water partition coefficient (Wildman–Crippen LogP) is 4.48. The van der Waals surface area contributed by atoms with Gasteiger partial charge in [0, 0.05) is 0 Å². The van der Waals surface area contributed by atoms with Crippen LogP contribution in [0.2, 0.25) is 0 Å². The third kappa shape index (κ3) is 5.16. The lowest BCUT2D eigenvalue weighted by atomic mass is 10.3. The predicted molar refractivity (Wildman–Crippen MR) is 75.9 cm³/mol. The zero-order chi connectivity index (χ0) is 14.1. The van der Waals surface area contributed by atoms with Crippen LogP contribution in [0.3, 0.4) is 0 Å². The summed E-state index contributed by atoms with van der Waals surface area (Å²) < 4.78 is 28.1. The summed E-state index contributed by atoms with van der Waals surface area (Å²) in [5.74, 6) is 0.670. The van der Waals surface area contributed by atoms with Crippen LogP contribution < -0.4 is 4.52 Å². The number of phosphoric acid groups is 1. The van der Waals surface area contributed by atoms with Crippen molar-refractivity contribution < 1.29 is 18.1 Å². The van der Waals surface area contributed by atoms with Crippen LogP contribution in [0.4, 0.5) is 0 Å². The molecule has 1 unspecified atom stereocenters.